The number of carbonyl (C=O) groups excluding carboxylic acids is 1. The van der Waals surface area contributed by atoms with Gasteiger partial charge in [-0.05, 0) is 98.4 Å². The van der Waals surface area contributed by atoms with Gasteiger partial charge in [-0.25, -0.2) is 4.79 Å². The summed E-state index contributed by atoms with van der Waals surface area (Å²) in [5.74, 6) is 2.20. The molecular weight excluding hydrogens is 542 g/mol. The van der Waals surface area contributed by atoms with Crippen LogP contribution in [0.2, 0.25) is 0 Å². The largest absolute Gasteiger partial charge is 0.324 e. The number of nitrogens with zero attached hydrogens (tertiary/aromatic N) is 4. The van der Waals surface area contributed by atoms with Crippen LogP contribution in [0.1, 0.15) is 56.5 Å². The molecule has 1 aliphatic rings. The average Bonchev–Trinajstić information content (AvgIpc) is 3.59. The molecule has 2 aromatic carbocycles. The molecule has 0 spiro atoms. The fourth-order valence-corrected chi connectivity index (χ4v) is 6.06. The highest BCUT2D eigenvalue weighted by Crippen LogP contribution is 2.32. The first-order valence-corrected chi connectivity index (χ1v) is 15.3. The second-order valence-electron chi connectivity index (χ2n) is 12.0. The van der Waals surface area contributed by atoms with Gasteiger partial charge in [-0.3, -0.25) is 9.72 Å². The van der Waals surface area contributed by atoms with Gasteiger partial charge in [0, 0.05) is 39.5 Å². The minimum Gasteiger partial charge on any atom is -0.317 e. The number of hydrogen-bond acceptors (Lipinski definition) is 5. The van der Waals surface area contributed by atoms with Gasteiger partial charge >= 0.3 is 6.03 Å². The summed E-state index contributed by atoms with van der Waals surface area (Å²) < 4.78 is 4.17. The van der Waals surface area contributed by atoms with Crippen LogP contribution >= 0.6 is 11.8 Å². The Labute approximate surface area is 250 Å². The van der Waals surface area contributed by atoms with Crippen LogP contribution in [0.5, 0.6) is 0 Å². The van der Waals surface area contributed by atoms with Crippen molar-refractivity contribution in [3.8, 4) is 5.69 Å². The monoisotopic (exact) mass is 579 g/mol. The standard InChI is InChI=1S/C33H37N7OS/c1-22-5-9-26(10-6-22)39-20-24(33(2,3)4)19-30(39)36-32(41)35-25-7-11-27(12-8-25)42-28-13-14-29-37-38-31(40(29)21-28)23-15-17-34-18-16-23/h5-14,19-21,23,34H,15-18H2,1-4H3,(H2,35,36,41). The van der Waals surface area contributed by atoms with Gasteiger partial charge in [0.2, 0.25) is 0 Å². The molecule has 8 nitrogen and oxygen atoms in total. The Morgan fingerprint density at radius 2 is 1.62 bits per heavy atom. The van der Waals surface area contributed by atoms with Crippen molar-refractivity contribution in [3.05, 3.63) is 96.1 Å². The smallest absolute Gasteiger partial charge is 0.317 e. The summed E-state index contributed by atoms with van der Waals surface area (Å²) in [5, 5.41) is 18.3. The number of carbonyl (C=O) groups is 1. The summed E-state index contributed by atoms with van der Waals surface area (Å²) in [4.78, 5) is 15.3. The normalized spacial score (nSPS) is 14.3. The Bertz CT molecular complexity index is 1690. The van der Waals surface area contributed by atoms with E-state index in [-0.39, 0.29) is 11.4 Å². The van der Waals surface area contributed by atoms with Crippen LogP contribution in [0.4, 0.5) is 16.3 Å². The molecule has 6 rings (SSSR count). The molecule has 1 fully saturated rings. The molecule has 0 saturated carbocycles. The summed E-state index contributed by atoms with van der Waals surface area (Å²) in [5.41, 5.74) is 4.89. The molecule has 216 valence electrons. The Balaban J connectivity index is 1.14. The third-order valence-corrected chi connectivity index (χ3v) is 8.68. The molecule has 0 atom stereocenters. The summed E-state index contributed by atoms with van der Waals surface area (Å²) in [6.45, 7) is 10.6. The number of amides is 2. The van der Waals surface area contributed by atoms with Crippen molar-refractivity contribution in [1.82, 2.24) is 24.5 Å². The van der Waals surface area contributed by atoms with Gasteiger partial charge in [0.05, 0.1) is 0 Å². The molecule has 0 aliphatic carbocycles. The van der Waals surface area contributed by atoms with E-state index in [1.54, 1.807) is 11.8 Å². The van der Waals surface area contributed by atoms with Crippen LogP contribution in [0.15, 0.2) is 88.9 Å². The van der Waals surface area contributed by atoms with Crippen molar-refractivity contribution in [1.29, 1.82) is 0 Å². The minimum atomic E-state index is -0.286. The Morgan fingerprint density at radius 3 is 2.33 bits per heavy atom. The van der Waals surface area contributed by atoms with Gasteiger partial charge < -0.3 is 15.2 Å². The van der Waals surface area contributed by atoms with Gasteiger partial charge in [-0.1, -0.05) is 50.2 Å². The predicted molar refractivity (Wildman–Crippen MR) is 170 cm³/mol. The van der Waals surface area contributed by atoms with E-state index >= 15 is 0 Å². The average molecular weight is 580 g/mol. The number of nitrogens with one attached hydrogen (secondary N) is 3. The van der Waals surface area contributed by atoms with E-state index in [4.69, 9.17) is 0 Å². The number of anilines is 2. The Kier molecular flexibility index (Phi) is 7.79. The highest BCUT2D eigenvalue weighted by Gasteiger charge is 2.21. The molecule has 0 bridgehead atoms. The maximum atomic E-state index is 13.1. The van der Waals surface area contributed by atoms with E-state index in [0.717, 1.165) is 69.9 Å². The van der Waals surface area contributed by atoms with Gasteiger partial charge in [0.1, 0.15) is 11.6 Å². The van der Waals surface area contributed by atoms with Gasteiger partial charge in [0.15, 0.2) is 5.65 Å². The minimum absolute atomic E-state index is 0.0514. The maximum Gasteiger partial charge on any atom is 0.324 e. The fraction of sp³-hybridized carbons (Fsp3) is 0.303. The zero-order valence-corrected chi connectivity index (χ0v) is 25.3. The fourth-order valence-electron chi connectivity index (χ4n) is 5.22. The number of aryl methyl sites for hydroxylation is 1. The number of pyridine rings is 1. The molecule has 0 unspecified atom stereocenters. The third kappa shape index (κ3) is 6.22. The number of urea groups is 1. The van der Waals surface area contributed by atoms with Crippen molar-refractivity contribution >= 4 is 34.9 Å². The first-order chi connectivity index (χ1) is 20.2. The van der Waals surface area contributed by atoms with Crippen molar-refractivity contribution in [2.24, 2.45) is 0 Å². The molecule has 9 heteroatoms. The number of rotatable bonds is 6. The van der Waals surface area contributed by atoms with E-state index in [9.17, 15) is 4.79 Å². The van der Waals surface area contributed by atoms with Crippen molar-refractivity contribution in [3.63, 3.8) is 0 Å². The zero-order valence-electron chi connectivity index (χ0n) is 24.5. The lowest BCUT2D eigenvalue weighted by molar-refractivity contribution is 0.262. The van der Waals surface area contributed by atoms with Crippen molar-refractivity contribution in [2.45, 2.75) is 61.7 Å². The number of piperidine rings is 1. The van der Waals surface area contributed by atoms with E-state index < -0.39 is 0 Å². The Hall–Kier alpha value is -4.08. The van der Waals surface area contributed by atoms with Gasteiger partial charge in [-0.15, -0.1) is 10.2 Å². The van der Waals surface area contributed by atoms with Crippen LogP contribution < -0.4 is 16.0 Å². The molecule has 42 heavy (non-hydrogen) atoms. The van der Waals surface area contributed by atoms with Crippen LogP contribution in [-0.2, 0) is 5.41 Å². The number of hydrogen-bond donors (Lipinski definition) is 3. The summed E-state index contributed by atoms with van der Waals surface area (Å²) in [6, 6.07) is 22.1. The number of benzene rings is 2. The lowest BCUT2D eigenvalue weighted by Gasteiger charge is -2.21. The van der Waals surface area contributed by atoms with Gasteiger partial charge in [-0.2, -0.15) is 0 Å². The number of aromatic nitrogens is 4. The summed E-state index contributed by atoms with van der Waals surface area (Å²) in [6.07, 6.45) is 6.39. The van der Waals surface area contributed by atoms with Crippen LogP contribution in [0.3, 0.4) is 0 Å². The van der Waals surface area contributed by atoms with Crippen molar-refractivity contribution in [2.75, 3.05) is 23.7 Å². The highest BCUT2D eigenvalue weighted by atomic mass is 32.2. The quantitative estimate of drug-likeness (QED) is 0.195. The van der Waals surface area contributed by atoms with E-state index in [1.807, 2.05) is 41.0 Å². The third-order valence-electron chi connectivity index (χ3n) is 7.69. The molecule has 1 saturated heterocycles. The summed E-state index contributed by atoms with van der Waals surface area (Å²) in [7, 11) is 0. The maximum absolute atomic E-state index is 13.1. The van der Waals surface area contributed by atoms with Crippen LogP contribution in [0.25, 0.3) is 11.3 Å². The molecule has 4 heterocycles. The second-order valence-corrected chi connectivity index (χ2v) is 13.1. The molecule has 2 amide bonds. The molecule has 5 aromatic rings. The molecule has 1 aliphatic heterocycles. The Morgan fingerprint density at radius 1 is 0.905 bits per heavy atom. The lowest BCUT2D eigenvalue weighted by atomic mass is 9.89. The van der Waals surface area contributed by atoms with E-state index in [2.05, 4.69) is 101 Å². The van der Waals surface area contributed by atoms with Gasteiger partial charge in [0.25, 0.3) is 0 Å². The first-order valence-electron chi connectivity index (χ1n) is 14.4. The molecule has 3 aromatic heterocycles. The molecule has 0 radical (unpaired) electrons. The predicted octanol–water partition coefficient (Wildman–Crippen LogP) is 7.39. The second kappa shape index (κ2) is 11.7. The zero-order chi connectivity index (χ0) is 29.3. The molecular formula is C33H37N7OS. The van der Waals surface area contributed by atoms with Crippen molar-refractivity contribution < 1.29 is 4.79 Å². The topological polar surface area (TPSA) is 88.3 Å². The SMILES string of the molecule is Cc1ccc(-n2cc(C(C)(C)C)cc2NC(=O)Nc2ccc(Sc3ccc4nnc(C5CCNCC5)n4c3)cc2)cc1. The summed E-state index contributed by atoms with van der Waals surface area (Å²) >= 11 is 1.68. The highest BCUT2D eigenvalue weighted by molar-refractivity contribution is 7.99. The van der Waals surface area contributed by atoms with E-state index in [0.29, 0.717) is 5.92 Å². The van der Waals surface area contributed by atoms with Crippen LogP contribution in [0, 0.1) is 6.92 Å². The first kappa shape index (κ1) is 28.1. The molecule has 3 N–H and O–H groups in total. The van der Waals surface area contributed by atoms with E-state index in [1.165, 1.54) is 5.56 Å². The number of fused-ring (bicyclic) bond motifs is 1. The van der Waals surface area contributed by atoms with Crippen LogP contribution in [-0.4, -0.2) is 38.3 Å². The lowest BCUT2D eigenvalue weighted by Crippen LogP contribution is -2.27.